The van der Waals surface area contributed by atoms with Gasteiger partial charge in [-0.25, -0.2) is 13.2 Å². The van der Waals surface area contributed by atoms with Crippen LogP contribution in [-0.2, 0) is 10.0 Å². The van der Waals surface area contributed by atoms with Crippen molar-refractivity contribution in [2.24, 2.45) is 5.73 Å². The molecular weight excluding hydrogens is 288 g/mol. The molecule has 0 aliphatic carbocycles. The smallest absolute Gasteiger partial charge is 0.333 e. The van der Waals surface area contributed by atoms with E-state index in [1.807, 2.05) is 6.92 Å². The van der Waals surface area contributed by atoms with Crippen molar-refractivity contribution in [3.05, 3.63) is 59.7 Å². The molecule has 0 bridgehead atoms. The van der Waals surface area contributed by atoms with Gasteiger partial charge >= 0.3 is 6.03 Å². The summed E-state index contributed by atoms with van der Waals surface area (Å²) < 4.78 is 26.0. The van der Waals surface area contributed by atoms with E-state index in [9.17, 15) is 13.2 Å². The SMILES string of the molecule is Cc1ccc(S(=O)(=O)N(C(N)=O)c2ccccc2C)cc1. The van der Waals surface area contributed by atoms with E-state index in [4.69, 9.17) is 5.73 Å². The van der Waals surface area contributed by atoms with Crippen LogP contribution in [0.5, 0.6) is 0 Å². The molecular formula is C15H16N2O3S. The van der Waals surface area contributed by atoms with Crippen LogP contribution in [0.25, 0.3) is 0 Å². The molecule has 2 aromatic carbocycles. The molecule has 6 heteroatoms. The quantitative estimate of drug-likeness (QED) is 0.946. The van der Waals surface area contributed by atoms with Gasteiger partial charge in [0.15, 0.2) is 0 Å². The lowest BCUT2D eigenvalue weighted by molar-refractivity contribution is 0.257. The molecule has 0 fully saturated rings. The van der Waals surface area contributed by atoms with Gasteiger partial charge in [-0.05, 0) is 37.6 Å². The van der Waals surface area contributed by atoms with Crippen molar-refractivity contribution in [1.82, 2.24) is 0 Å². The highest BCUT2D eigenvalue weighted by Gasteiger charge is 2.30. The van der Waals surface area contributed by atoms with Crippen molar-refractivity contribution >= 4 is 21.7 Å². The number of hydrogen-bond donors (Lipinski definition) is 1. The molecule has 0 atom stereocenters. The molecule has 0 heterocycles. The van der Waals surface area contributed by atoms with Crippen LogP contribution >= 0.6 is 0 Å². The van der Waals surface area contributed by atoms with Gasteiger partial charge in [-0.15, -0.1) is 0 Å². The fourth-order valence-electron chi connectivity index (χ4n) is 1.97. The molecule has 0 unspecified atom stereocenters. The molecule has 0 radical (unpaired) electrons. The summed E-state index contributed by atoms with van der Waals surface area (Å²) in [5.74, 6) is 0. The van der Waals surface area contributed by atoms with Crippen molar-refractivity contribution in [2.45, 2.75) is 18.7 Å². The van der Waals surface area contributed by atoms with Gasteiger partial charge in [-0.1, -0.05) is 35.9 Å². The van der Waals surface area contributed by atoms with Crippen molar-refractivity contribution in [2.75, 3.05) is 4.31 Å². The third-order valence-corrected chi connectivity index (χ3v) is 4.82. The Morgan fingerprint density at radius 3 is 2.10 bits per heavy atom. The largest absolute Gasteiger partial charge is 0.350 e. The Morgan fingerprint density at radius 1 is 1.00 bits per heavy atom. The second kappa shape index (κ2) is 5.57. The maximum absolute atomic E-state index is 12.7. The van der Waals surface area contributed by atoms with Gasteiger partial charge in [-0.3, -0.25) is 0 Å². The first-order valence-electron chi connectivity index (χ1n) is 6.31. The molecule has 0 spiro atoms. The van der Waals surface area contributed by atoms with E-state index < -0.39 is 16.1 Å². The second-order valence-corrected chi connectivity index (χ2v) is 6.49. The molecule has 110 valence electrons. The van der Waals surface area contributed by atoms with Crippen LogP contribution in [0, 0.1) is 13.8 Å². The third kappa shape index (κ3) is 2.90. The summed E-state index contributed by atoms with van der Waals surface area (Å²) in [6, 6.07) is 11.9. The Labute approximate surface area is 124 Å². The number of urea groups is 1. The van der Waals surface area contributed by atoms with Crippen LogP contribution in [0.4, 0.5) is 10.5 Å². The monoisotopic (exact) mass is 304 g/mol. The van der Waals surface area contributed by atoms with E-state index in [-0.39, 0.29) is 10.6 Å². The molecule has 2 N–H and O–H groups in total. The molecule has 2 amide bonds. The Balaban J connectivity index is 2.60. The normalized spacial score (nSPS) is 11.1. The van der Waals surface area contributed by atoms with Crippen molar-refractivity contribution < 1.29 is 13.2 Å². The molecule has 21 heavy (non-hydrogen) atoms. The minimum absolute atomic E-state index is 0.0233. The number of para-hydroxylation sites is 1. The Bertz CT molecular complexity index is 768. The first-order valence-corrected chi connectivity index (χ1v) is 7.75. The molecule has 2 rings (SSSR count). The fraction of sp³-hybridized carbons (Fsp3) is 0.133. The van der Waals surface area contributed by atoms with E-state index in [0.717, 1.165) is 5.56 Å². The number of nitrogens with zero attached hydrogens (tertiary/aromatic N) is 1. The van der Waals surface area contributed by atoms with Gasteiger partial charge in [0.05, 0.1) is 10.6 Å². The van der Waals surface area contributed by atoms with Crippen molar-refractivity contribution in [3.63, 3.8) is 0 Å². The maximum atomic E-state index is 12.7. The minimum Gasteiger partial charge on any atom is -0.350 e. The maximum Gasteiger partial charge on any atom is 0.333 e. The number of hydrogen-bond acceptors (Lipinski definition) is 3. The Morgan fingerprint density at radius 2 is 1.57 bits per heavy atom. The number of amides is 2. The van der Waals surface area contributed by atoms with Crippen LogP contribution in [-0.4, -0.2) is 14.4 Å². The topological polar surface area (TPSA) is 80.5 Å². The van der Waals surface area contributed by atoms with E-state index >= 15 is 0 Å². The van der Waals surface area contributed by atoms with Crippen molar-refractivity contribution in [1.29, 1.82) is 0 Å². The van der Waals surface area contributed by atoms with Gasteiger partial charge in [0.2, 0.25) is 0 Å². The first-order chi connectivity index (χ1) is 9.84. The molecule has 0 aliphatic heterocycles. The van der Waals surface area contributed by atoms with Crippen LogP contribution in [0.15, 0.2) is 53.4 Å². The molecule has 0 aromatic heterocycles. The minimum atomic E-state index is -4.03. The molecule has 0 saturated heterocycles. The molecule has 0 saturated carbocycles. The summed E-state index contributed by atoms with van der Waals surface area (Å²) in [6.45, 7) is 3.57. The second-order valence-electron chi connectivity index (χ2n) is 4.71. The highest BCUT2D eigenvalue weighted by Crippen LogP contribution is 2.26. The van der Waals surface area contributed by atoms with Gasteiger partial charge in [0.1, 0.15) is 0 Å². The van der Waals surface area contributed by atoms with Gasteiger partial charge in [0, 0.05) is 0 Å². The summed E-state index contributed by atoms with van der Waals surface area (Å²) in [4.78, 5) is 11.7. The van der Waals surface area contributed by atoms with Crippen LogP contribution in [0.3, 0.4) is 0 Å². The number of carbonyl (C=O) groups is 1. The average molecular weight is 304 g/mol. The predicted molar refractivity (Wildman–Crippen MR) is 81.6 cm³/mol. The zero-order chi connectivity index (χ0) is 15.6. The number of carbonyl (C=O) groups excluding carboxylic acids is 1. The van der Waals surface area contributed by atoms with E-state index in [2.05, 4.69) is 0 Å². The number of benzene rings is 2. The molecule has 5 nitrogen and oxygen atoms in total. The molecule has 0 aliphatic rings. The number of anilines is 1. The number of rotatable bonds is 3. The highest BCUT2D eigenvalue weighted by molar-refractivity contribution is 7.93. The number of aryl methyl sites for hydroxylation is 2. The standard InChI is InChI=1S/C15H16N2O3S/c1-11-7-9-13(10-8-11)21(19,20)17(15(16)18)14-6-4-3-5-12(14)2/h3-10H,1-2H3,(H2,16,18). The lowest BCUT2D eigenvalue weighted by atomic mass is 10.2. The zero-order valence-corrected chi connectivity index (χ0v) is 12.6. The number of nitrogens with two attached hydrogens (primary N) is 1. The number of primary amides is 1. The highest BCUT2D eigenvalue weighted by atomic mass is 32.2. The lowest BCUT2D eigenvalue weighted by Crippen LogP contribution is -2.41. The first kappa shape index (κ1) is 15.1. The zero-order valence-electron chi connectivity index (χ0n) is 11.8. The van der Waals surface area contributed by atoms with E-state index in [0.29, 0.717) is 9.87 Å². The van der Waals surface area contributed by atoms with Gasteiger partial charge in [0.25, 0.3) is 10.0 Å². The van der Waals surface area contributed by atoms with Crippen LogP contribution < -0.4 is 10.0 Å². The third-order valence-electron chi connectivity index (χ3n) is 3.09. The summed E-state index contributed by atoms with van der Waals surface area (Å²) >= 11 is 0. The number of sulfonamides is 1. The summed E-state index contributed by atoms with van der Waals surface area (Å²) in [6.07, 6.45) is 0. The molecule has 2 aromatic rings. The Kier molecular flexibility index (Phi) is 3.99. The van der Waals surface area contributed by atoms with Crippen LogP contribution in [0.1, 0.15) is 11.1 Å². The van der Waals surface area contributed by atoms with Crippen molar-refractivity contribution in [3.8, 4) is 0 Å². The van der Waals surface area contributed by atoms with E-state index in [1.165, 1.54) is 12.1 Å². The summed E-state index contributed by atoms with van der Waals surface area (Å²) in [7, 11) is -4.03. The summed E-state index contributed by atoms with van der Waals surface area (Å²) in [5, 5.41) is 0. The van der Waals surface area contributed by atoms with E-state index in [1.54, 1.807) is 43.3 Å². The average Bonchev–Trinajstić information content (AvgIpc) is 2.41. The summed E-state index contributed by atoms with van der Waals surface area (Å²) in [5.41, 5.74) is 7.13. The van der Waals surface area contributed by atoms with Crippen LogP contribution in [0.2, 0.25) is 0 Å². The lowest BCUT2D eigenvalue weighted by Gasteiger charge is -2.22. The predicted octanol–water partition coefficient (Wildman–Crippen LogP) is 2.58. The fourth-order valence-corrected chi connectivity index (χ4v) is 3.37. The Hall–Kier alpha value is -2.34. The van der Waals surface area contributed by atoms with Gasteiger partial charge < -0.3 is 5.73 Å². The van der Waals surface area contributed by atoms with Gasteiger partial charge in [-0.2, -0.15) is 4.31 Å².